The SMILES string of the molecule is CC(O)c1nc2cnc3[nH]ccc3c2n1C1CCN(Cc2cccnc2)CC1. The Balaban J connectivity index is 1.46. The normalized spacial score (nSPS) is 17.5. The van der Waals surface area contributed by atoms with Gasteiger partial charge in [0.05, 0.1) is 11.7 Å². The highest BCUT2D eigenvalue weighted by Crippen LogP contribution is 2.34. The summed E-state index contributed by atoms with van der Waals surface area (Å²) in [5.74, 6) is 0.733. The number of rotatable bonds is 4. The van der Waals surface area contributed by atoms with Gasteiger partial charge < -0.3 is 14.7 Å². The van der Waals surface area contributed by atoms with Gasteiger partial charge in [-0.2, -0.15) is 0 Å². The third-order valence-electron chi connectivity index (χ3n) is 5.69. The summed E-state index contributed by atoms with van der Waals surface area (Å²) in [6.07, 6.45) is 8.90. The summed E-state index contributed by atoms with van der Waals surface area (Å²) in [4.78, 5) is 19.1. The third-order valence-corrected chi connectivity index (χ3v) is 5.69. The highest BCUT2D eigenvalue weighted by molar-refractivity contribution is 6.01. The number of nitrogens with one attached hydrogen (secondary N) is 1. The molecule has 1 aliphatic heterocycles. The maximum Gasteiger partial charge on any atom is 0.139 e. The molecule has 1 saturated heterocycles. The van der Waals surface area contributed by atoms with Crippen LogP contribution in [0.25, 0.3) is 22.1 Å². The Kier molecular flexibility index (Phi) is 4.33. The van der Waals surface area contributed by atoms with Crippen LogP contribution in [-0.2, 0) is 6.54 Å². The molecule has 7 nitrogen and oxygen atoms in total. The van der Waals surface area contributed by atoms with Crippen LogP contribution in [0.3, 0.4) is 0 Å². The van der Waals surface area contributed by atoms with E-state index in [9.17, 15) is 5.11 Å². The van der Waals surface area contributed by atoms with Crippen LogP contribution in [-0.4, -0.2) is 47.6 Å². The van der Waals surface area contributed by atoms with Crippen molar-refractivity contribution in [2.45, 2.75) is 38.5 Å². The molecule has 1 atom stereocenters. The molecule has 1 fully saturated rings. The van der Waals surface area contributed by atoms with Crippen LogP contribution in [0.15, 0.2) is 43.0 Å². The van der Waals surface area contributed by atoms with E-state index in [1.54, 1.807) is 13.1 Å². The van der Waals surface area contributed by atoms with Gasteiger partial charge in [-0.25, -0.2) is 9.97 Å². The van der Waals surface area contributed by atoms with E-state index in [0.717, 1.165) is 60.4 Å². The van der Waals surface area contributed by atoms with Crippen LogP contribution in [0.1, 0.15) is 43.3 Å². The van der Waals surface area contributed by atoms with Crippen molar-refractivity contribution < 1.29 is 5.11 Å². The van der Waals surface area contributed by atoms with Crippen LogP contribution in [0.2, 0.25) is 0 Å². The summed E-state index contributed by atoms with van der Waals surface area (Å²) in [6, 6.07) is 6.49. The number of pyridine rings is 2. The molecule has 1 aliphatic rings. The van der Waals surface area contributed by atoms with Crippen molar-refractivity contribution in [2.24, 2.45) is 0 Å². The topological polar surface area (TPSA) is 82.9 Å². The molecule has 5 rings (SSSR count). The molecule has 144 valence electrons. The fourth-order valence-electron chi connectivity index (χ4n) is 4.36. The first-order valence-electron chi connectivity index (χ1n) is 9.84. The Bertz CT molecular complexity index is 1090. The predicted octanol–water partition coefficient (Wildman–Crippen LogP) is 3.20. The Morgan fingerprint density at radius 1 is 1.25 bits per heavy atom. The summed E-state index contributed by atoms with van der Waals surface area (Å²) in [5.41, 5.74) is 4.03. The number of hydrogen-bond acceptors (Lipinski definition) is 5. The Labute approximate surface area is 163 Å². The number of hydrogen-bond donors (Lipinski definition) is 2. The molecule has 4 aromatic heterocycles. The summed E-state index contributed by atoms with van der Waals surface area (Å²) in [6.45, 7) is 4.75. The molecule has 0 bridgehead atoms. The molecule has 28 heavy (non-hydrogen) atoms. The summed E-state index contributed by atoms with van der Waals surface area (Å²) < 4.78 is 2.26. The molecule has 0 spiro atoms. The third kappa shape index (κ3) is 2.96. The molecule has 0 radical (unpaired) electrons. The maximum atomic E-state index is 10.4. The second kappa shape index (κ2) is 7.00. The van der Waals surface area contributed by atoms with Gasteiger partial charge in [-0.1, -0.05) is 6.07 Å². The van der Waals surface area contributed by atoms with Crippen molar-refractivity contribution >= 4 is 22.1 Å². The minimum Gasteiger partial charge on any atom is -0.385 e. The van der Waals surface area contributed by atoms with Gasteiger partial charge in [0.1, 0.15) is 23.1 Å². The first kappa shape index (κ1) is 17.3. The minimum atomic E-state index is -0.616. The Morgan fingerprint density at radius 2 is 2.11 bits per heavy atom. The van der Waals surface area contributed by atoms with Crippen molar-refractivity contribution in [1.82, 2.24) is 29.4 Å². The second-order valence-electron chi connectivity index (χ2n) is 7.62. The fraction of sp³-hybridized carbons (Fsp3) is 0.381. The van der Waals surface area contributed by atoms with E-state index in [-0.39, 0.29) is 0 Å². The number of H-pyrrole nitrogens is 1. The average molecular weight is 376 g/mol. The van der Waals surface area contributed by atoms with Crippen molar-refractivity contribution in [3.8, 4) is 0 Å². The standard InChI is InChI=1S/C21H24N6O/c1-14(28)21-25-18-12-24-20-17(4-8-23-20)19(18)27(21)16-5-9-26(10-6-16)13-15-3-2-7-22-11-15/h2-4,7-8,11-12,14,16,28H,5-6,9-10,13H2,1H3,(H,23,24). The van der Waals surface area contributed by atoms with E-state index in [2.05, 4.69) is 30.5 Å². The lowest BCUT2D eigenvalue weighted by atomic mass is 10.0. The lowest BCUT2D eigenvalue weighted by Crippen LogP contribution is -2.34. The number of aliphatic hydroxyl groups excluding tert-OH is 1. The van der Waals surface area contributed by atoms with Gasteiger partial charge in [-0.3, -0.25) is 9.88 Å². The largest absolute Gasteiger partial charge is 0.385 e. The number of fused-ring (bicyclic) bond motifs is 3. The van der Waals surface area contributed by atoms with Gasteiger partial charge in [0.2, 0.25) is 0 Å². The van der Waals surface area contributed by atoms with E-state index < -0.39 is 6.10 Å². The molecule has 0 aliphatic carbocycles. The summed E-state index contributed by atoms with van der Waals surface area (Å²) in [5, 5.41) is 11.4. The zero-order chi connectivity index (χ0) is 19.1. The maximum absolute atomic E-state index is 10.4. The van der Waals surface area contributed by atoms with Gasteiger partial charge in [0, 0.05) is 49.7 Å². The van der Waals surface area contributed by atoms with Gasteiger partial charge in [0.15, 0.2) is 0 Å². The lowest BCUT2D eigenvalue weighted by Gasteiger charge is -2.34. The molecule has 2 N–H and O–H groups in total. The molecular weight excluding hydrogens is 352 g/mol. The molecule has 0 saturated carbocycles. The van der Waals surface area contributed by atoms with Crippen molar-refractivity contribution in [1.29, 1.82) is 0 Å². The van der Waals surface area contributed by atoms with Crippen molar-refractivity contribution in [3.63, 3.8) is 0 Å². The average Bonchev–Trinajstić information content (AvgIpc) is 3.33. The molecule has 5 heterocycles. The number of aliphatic hydroxyl groups is 1. The molecule has 1 unspecified atom stereocenters. The van der Waals surface area contributed by atoms with Crippen LogP contribution < -0.4 is 0 Å². The molecular formula is C21H24N6O. The summed E-state index contributed by atoms with van der Waals surface area (Å²) >= 11 is 0. The van der Waals surface area contributed by atoms with Gasteiger partial charge in [-0.05, 0) is 37.5 Å². The van der Waals surface area contributed by atoms with Crippen LogP contribution in [0.5, 0.6) is 0 Å². The number of nitrogens with zero attached hydrogens (tertiary/aromatic N) is 5. The lowest BCUT2D eigenvalue weighted by molar-refractivity contribution is 0.157. The fourth-order valence-corrected chi connectivity index (χ4v) is 4.36. The van der Waals surface area contributed by atoms with Gasteiger partial charge in [0.25, 0.3) is 0 Å². The Morgan fingerprint density at radius 3 is 2.86 bits per heavy atom. The number of piperidine rings is 1. The van der Waals surface area contributed by atoms with Crippen LogP contribution in [0.4, 0.5) is 0 Å². The van der Waals surface area contributed by atoms with E-state index in [1.165, 1.54) is 5.56 Å². The highest BCUT2D eigenvalue weighted by atomic mass is 16.3. The van der Waals surface area contributed by atoms with E-state index in [0.29, 0.717) is 6.04 Å². The van der Waals surface area contributed by atoms with Gasteiger partial charge >= 0.3 is 0 Å². The molecule has 7 heteroatoms. The first-order valence-corrected chi connectivity index (χ1v) is 9.84. The van der Waals surface area contributed by atoms with Crippen LogP contribution >= 0.6 is 0 Å². The van der Waals surface area contributed by atoms with Crippen LogP contribution in [0, 0.1) is 0 Å². The number of aromatic nitrogens is 5. The van der Waals surface area contributed by atoms with E-state index in [1.807, 2.05) is 30.7 Å². The van der Waals surface area contributed by atoms with Crippen molar-refractivity contribution in [2.75, 3.05) is 13.1 Å². The van der Waals surface area contributed by atoms with Crippen molar-refractivity contribution in [3.05, 3.63) is 54.4 Å². The second-order valence-corrected chi connectivity index (χ2v) is 7.62. The zero-order valence-corrected chi connectivity index (χ0v) is 15.9. The highest BCUT2D eigenvalue weighted by Gasteiger charge is 2.27. The minimum absolute atomic E-state index is 0.320. The van der Waals surface area contributed by atoms with E-state index >= 15 is 0 Å². The summed E-state index contributed by atoms with van der Waals surface area (Å²) in [7, 11) is 0. The number of aromatic amines is 1. The van der Waals surface area contributed by atoms with Gasteiger partial charge in [-0.15, -0.1) is 0 Å². The van der Waals surface area contributed by atoms with E-state index in [4.69, 9.17) is 4.98 Å². The monoisotopic (exact) mass is 376 g/mol. The quantitative estimate of drug-likeness (QED) is 0.571. The predicted molar refractivity (Wildman–Crippen MR) is 108 cm³/mol. The zero-order valence-electron chi connectivity index (χ0n) is 15.9. The first-order chi connectivity index (χ1) is 13.7. The Hall–Kier alpha value is -2.77. The molecule has 0 aromatic carbocycles. The number of imidazole rings is 1. The molecule has 0 amide bonds. The molecule has 4 aromatic rings. The smallest absolute Gasteiger partial charge is 0.139 e. The number of likely N-dealkylation sites (tertiary alicyclic amines) is 1.